The van der Waals surface area contributed by atoms with Gasteiger partial charge in [0.25, 0.3) is 0 Å². The Morgan fingerprint density at radius 1 is 0.862 bits per heavy atom. The molecule has 3 heterocycles. The normalized spacial score (nSPS) is 12.3. The Hall–Kier alpha value is -3.80. The summed E-state index contributed by atoms with van der Waals surface area (Å²) < 4.78 is 1.84. The first-order valence-corrected chi connectivity index (χ1v) is 9.53. The van der Waals surface area contributed by atoms with Gasteiger partial charge >= 0.3 is 0 Å². The largest absolute Gasteiger partial charge is 0.363 e. The Kier molecular flexibility index (Phi) is 4.17. The highest BCUT2D eigenvalue weighted by Gasteiger charge is 2.11. The smallest absolute Gasteiger partial charge is 0.137 e. The summed E-state index contributed by atoms with van der Waals surface area (Å²) in [6.45, 7) is 2.13. The molecule has 0 saturated heterocycles. The number of hydrogen-bond acceptors (Lipinski definition) is 5. The van der Waals surface area contributed by atoms with Gasteiger partial charge in [-0.05, 0) is 36.2 Å². The number of nitrogens with one attached hydrogen (secondary N) is 1. The molecule has 0 spiro atoms. The van der Waals surface area contributed by atoms with Crippen LogP contribution in [-0.2, 0) is 7.05 Å². The van der Waals surface area contributed by atoms with E-state index in [2.05, 4.69) is 62.6 Å². The van der Waals surface area contributed by atoms with E-state index in [9.17, 15) is 0 Å². The first-order valence-electron chi connectivity index (χ1n) is 9.53. The van der Waals surface area contributed by atoms with Gasteiger partial charge in [0.05, 0.1) is 17.2 Å². The van der Waals surface area contributed by atoms with Crippen molar-refractivity contribution < 1.29 is 0 Å². The molecule has 1 unspecified atom stereocenters. The van der Waals surface area contributed by atoms with Crippen molar-refractivity contribution in [2.75, 3.05) is 5.32 Å². The molecule has 0 fully saturated rings. The molecule has 0 aliphatic heterocycles. The number of anilines is 1. The highest BCUT2D eigenvalue weighted by Crippen LogP contribution is 2.29. The molecular formula is C23H20N6. The fourth-order valence-electron chi connectivity index (χ4n) is 3.57. The van der Waals surface area contributed by atoms with Crippen molar-refractivity contribution in [3.05, 3.63) is 78.9 Å². The first kappa shape index (κ1) is 17.3. The van der Waals surface area contributed by atoms with Crippen LogP contribution in [0.4, 0.5) is 5.82 Å². The number of fused-ring (bicyclic) bond motifs is 2. The summed E-state index contributed by atoms with van der Waals surface area (Å²) >= 11 is 0. The van der Waals surface area contributed by atoms with Gasteiger partial charge in [-0.3, -0.25) is 9.67 Å². The van der Waals surface area contributed by atoms with Crippen molar-refractivity contribution in [2.45, 2.75) is 13.0 Å². The predicted octanol–water partition coefficient (Wildman–Crippen LogP) is 4.75. The number of benzene rings is 2. The standard InChI is InChI=1S/C23H20N6/c1-15(16-6-4-3-5-7-16)28-23-19-10-17(8-9-20(19)25-14-26-23)18-11-22-21(24-12-18)13-27-29(22)2/h3-15H,1-2H3,(H,25,26,28). The number of aryl methyl sites for hydroxylation is 1. The lowest BCUT2D eigenvalue weighted by molar-refractivity contribution is 0.797. The summed E-state index contributed by atoms with van der Waals surface area (Å²) in [6, 6.07) is 18.8. The van der Waals surface area contributed by atoms with Gasteiger partial charge < -0.3 is 5.32 Å². The van der Waals surface area contributed by atoms with E-state index >= 15 is 0 Å². The molecule has 29 heavy (non-hydrogen) atoms. The molecule has 3 aromatic heterocycles. The van der Waals surface area contributed by atoms with Crippen LogP contribution in [0.5, 0.6) is 0 Å². The molecular weight excluding hydrogens is 360 g/mol. The van der Waals surface area contributed by atoms with Gasteiger partial charge in [-0.25, -0.2) is 9.97 Å². The monoisotopic (exact) mass is 380 g/mol. The van der Waals surface area contributed by atoms with Crippen LogP contribution in [0.1, 0.15) is 18.5 Å². The van der Waals surface area contributed by atoms with Gasteiger partial charge in [-0.2, -0.15) is 5.10 Å². The topological polar surface area (TPSA) is 68.5 Å². The lowest BCUT2D eigenvalue weighted by Gasteiger charge is -2.16. The number of hydrogen-bond donors (Lipinski definition) is 1. The molecule has 0 aliphatic rings. The second-order valence-corrected chi connectivity index (χ2v) is 7.13. The van der Waals surface area contributed by atoms with Crippen molar-refractivity contribution >= 4 is 27.8 Å². The van der Waals surface area contributed by atoms with Gasteiger partial charge in [-0.15, -0.1) is 0 Å². The SMILES string of the molecule is CC(Nc1ncnc2ccc(-c3cnc4cnn(C)c4c3)cc12)c1ccccc1. The molecule has 0 aliphatic carbocycles. The minimum atomic E-state index is 0.130. The van der Waals surface area contributed by atoms with E-state index in [0.717, 1.165) is 38.9 Å². The molecule has 142 valence electrons. The van der Waals surface area contributed by atoms with Crippen LogP contribution >= 0.6 is 0 Å². The van der Waals surface area contributed by atoms with Crippen molar-refractivity contribution in [1.82, 2.24) is 24.7 Å². The maximum atomic E-state index is 4.54. The lowest BCUT2D eigenvalue weighted by atomic mass is 10.0. The minimum Gasteiger partial charge on any atom is -0.363 e. The Balaban J connectivity index is 1.56. The van der Waals surface area contributed by atoms with Crippen LogP contribution in [0.2, 0.25) is 0 Å². The fourth-order valence-corrected chi connectivity index (χ4v) is 3.57. The van der Waals surface area contributed by atoms with E-state index in [1.807, 2.05) is 42.2 Å². The van der Waals surface area contributed by atoms with Gasteiger partial charge in [0.2, 0.25) is 0 Å². The minimum absolute atomic E-state index is 0.130. The molecule has 1 N–H and O–H groups in total. The van der Waals surface area contributed by atoms with E-state index in [-0.39, 0.29) is 6.04 Å². The fraction of sp³-hybridized carbons (Fsp3) is 0.130. The summed E-state index contributed by atoms with van der Waals surface area (Å²) in [6.07, 6.45) is 5.26. The van der Waals surface area contributed by atoms with Gasteiger partial charge in [-0.1, -0.05) is 36.4 Å². The average Bonchev–Trinajstić information content (AvgIpc) is 3.14. The second kappa shape index (κ2) is 6.98. The summed E-state index contributed by atoms with van der Waals surface area (Å²) in [4.78, 5) is 13.5. The molecule has 6 heteroatoms. The molecule has 0 bridgehead atoms. The highest BCUT2D eigenvalue weighted by molar-refractivity contribution is 5.93. The van der Waals surface area contributed by atoms with Crippen LogP contribution in [0.3, 0.4) is 0 Å². The highest BCUT2D eigenvalue weighted by atomic mass is 15.3. The molecule has 6 nitrogen and oxygen atoms in total. The van der Waals surface area contributed by atoms with Crippen molar-refractivity contribution in [3.63, 3.8) is 0 Å². The van der Waals surface area contributed by atoms with E-state index < -0.39 is 0 Å². The predicted molar refractivity (Wildman–Crippen MR) is 116 cm³/mol. The van der Waals surface area contributed by atoms with Crippen molar-refractivity contribution in [2.24, 2.45) is 7.05 Å². The third-order valence-corrected chi connectivity index (χ3v) is 5.22. The Morgan fingerprint density at radius 3 is 2.59 bits per heavy atom. The molecule has 0 radical (unpaired) electrons. The lowest BCUT2D eigenvalue weighted by Crippen LogP contribution is -2.08. The van der Waals surface area contributed by atoms with Crippen LogP contribution < -0.4 is 5.32 Å². The summed E-state index contributed by atoms with van der Waals surface area (Å²) in [5, 5.41) is 8.80. The number of rotatable bonds is 4. The van der Waals surface area contributed by atoms with Gasteiger partial charge in [0.1, 0.15) is 17.7 Å². The molecule has 5 aromatic rings. The van der Waals surface area contributed by atoms with Gasteiger partial charge in [0, 0.05) is 30.2 Å². The van der Waals surface area contributed by atoms with Crippen LogP contribution in [-0.4, -0.2) is 24.7 Å². The van der Waals surface area contributed by atoms with E-state index in [1.165, 1.54) is 5.56 Å². The van der Waals surface area contributed by atoms with Crippen LogP contribution in [0, 0.1) is 0 Å². The van der Waals surface area contributed by atoms with Crippen LogP contribution in [0.25, 0.3) is 33.1 Å². The van der Waals surface area contributed by atoms with E-state index in [4.69, 9.17) is 0 Å². The number of nitrogens with zero attached hydrogens (tertiary/aromatic N) is 5. The summed E-state index contributed by atoms with van der Waals surface area (Å²) in [7, 11) is 1.93. The van der Waals surface area contributed by atoms with Gasteiger partial charge in [0.15, 0.2) is 0 Å². The van der Waals surface area contributed by atoms with E-state index in [0.29, 0.717) is 0 Å². The van der Waals surface area contributed by atoms with E-state index in [1.54, 1.807) is 12.5 Å². The zero-order valence-electron chi connectivity index (χ0n) is 16.2. The van der Waals surface area contributed by atoms with Crippen molar-refractivity contribution in [1.29, 1.82) is 0 Å². The average molecular weight is 380 g/mol. The zero-order chi connectivity index (χ0) is 19.8. The first-order chi connectivity index (χ1) is 14.2. The molecule has 5 rings (SSSR count). The maximum absolute atomic E-state index is 4.54. The maximum Gasteiger partial charge on any atom is 0.137 e. The molecule has 0 amide bonds. The molecule has 2 aromatic carbocycles. The zero-order valence-corrected chi connectivity index (χ0v) is 16.2. The third kappa shape index (κ3) is 3.18. The van der Waals surface area contributed by atoms with Crippen molar-refractivity contribution in [3.8, 4) is 11.1 Å². The second-order valence-electron chi connectivity index (χ2n) is 7.13. The molecule has 0 saturated carbocycles. The Bertz CT molecular complexity index is 1310. The summed E-state index contributed by atoms with van der Waals surface area (Å²) in [5.74, 6) is 0.822. The van der Waals surface area contributed by atoms with Crippen LogP contribution in [0.15, 0.2) is 73.3 Å². The molecule has 1 atom stereocenters. The summed E-state index contributed by atoms with van der Waals surface area (Å²) in [5.41, 5.74) is 6.11. The Morgan fingerprint density at radius 2 is 1.72 bits per heavy atom. The Labute approximate surface area is 168 Å². The number of aromatic nitrogens is 5. The third-order valence-electron chi connectivity index (χ3n) is 5.22. The quantitative estimate of drug-likeness (QED) is 0.487. The number of pyridine rings is 1.